The number of para-hydroxylation sites is 1. The molecule has 0 aliphatic carbocycles. The van der Waals surface area contributed by atoms with Gasteiger partial charge in [-0.25, -0.2) is 0 Å². The summed E-state index contributed by atoms with van der Waals surface area (Å²) in [6.45, 7) is 4.18. The Morgan fingerprint density at radius 2 is 2.19 bits per heavy atom. The van der Waals surface area contributed by atoms with Crippen LogP contribution in [0.5, 0.6) is 0 Å². The van der Waals surface area contributed by atoms with Crippen LogP contribution in [0.15, 0.2) is 47.8 Å². The van der Waals surface area contributed by atoms with Crippen LogP contribution in [-0.2, 0) is 6.42 Å². The van der Waals surface area contributed by atoms with Crippen molar-refractivity contribution in [2.75, 3.05) is 5.32 Å². The predicted molar refractivity (Wildman–Crippen MR) is 91.7 cm³/mol. The average Bonchev–Trinajstić information content (AvgIpc) is 2.50. The quantitative estimate of drug-likeness (QED) is 0.517. The standard InChI is InChI=1S/C16H18N4S/c1-3-14-8-4-6-12(2)15(14)19-16(21)20-18-11-13-7-5-9-17-10-13/h4-11H,3H2,1-2H3,(H2,19,20,21)/b18-11-. The highest BCUT2D eigenvalue weighted by Gasteiger charge is 2.05. The number of anilines is 1. The van der Waals surface area contributed by atoms with Crippen LogP contribution in [-0.4, -0.2) is 16.3 Å². The molecule has 2 rings (SSSR count). The normalized spacial score (nSPS) is 10.6. The van der Waals surface area contributed by atoms with Crippen molar-refractivity contribution in [3.8, 4) is 0 Å². The summed E-state index contributed by atoms with van der Waals surface area (Å²) >= 11 is 5.27. The van der Waals surface area contributed by atoms with Gasteiger partial charge in [0.25, 0.3) is 0 Å². The molecule has 21 heavy (non-hydrogen) atoms. The lowest BCUT2D eigenvalue weighted by molar-refractivity contribution is 1.05. The van der Waals surface area contributed by atoms with Gasteiger partial charge >= 0.3 is 0 Å². The molecule has 0 radical (unpaired) electrons. The Balaban J connectivity index is 1.98. The van der Waals surface area contributed by atoms with Crippen LogP contribution in [0.4, 0.5) is 5.69 Å². The topological polar surface area (TPSA) is 49.3 Å². The molecule has 5 heteroatoms. The van der Waals surface area contributed by atoms with Gasteiger partial charge in [-0.1, -0.05) is 31.2 Å². The Morgan fingerprint density at radius 3 is 2.90 bits per heavy atom. The van der Waals surface area contributed by atoms with Crippen molar-refractivity contribution in [2.24, 2.45) is 5.10 Å². The number of rotatable bonds is 4. The predicted octanol–water partition coefficient (Wildman–Crippen LogP) is 3.27. The number of thiocarbonyl (C=S) groups is 1. The van der Waals surface area contributed by atoms with E-state index in [4.69, 9.17) is 12.2 Å². The van der Waals surface area contributed by atoms with Crippen molar-refractivity contribution >= 4 is 29.2 Å². The van der Waals surface area contributed by atoms with Gasteiger partial charge in [0.05, 0.1) is 6.21 Å². The fourth-order valence-electron chi connectivity index (χ4n) is 1.96. The minimum absolute atomic E-state index is 0.471. The Kier molecular flexibility index (Phi) is 5.40. The lowest BCUT2D eigenvalue weighted by atomic mass is 10.1. The fourth-order valence-corrected chi connectivity index (χ4v) is 2.12. The Labute approximate surface area is 130 Å². The number of hydrogen-bond acceptors (Lipinski definition) is 3. The zero-order chi connectivity index (χ0) is 15.1. The minimum Gasteiger partial charge on any atom is -0.331 e. The van der Waals surface area contributed by atoms with Crippen molar-refractivity contribution in [1.29, 1.82) is 0 Å². The zero-order valence-electron chi connectivity index (χ0n) is 12.1. The third-order valence-electron chi connectivity index (χ3n) is 3.04. The first-order valence-electron chi connectivity index (χ1n) is 6.79. The molecule has 0 saturated heterocycles. The van der Waals surface area contributed by atoms with E-state index in [9.17, 15) is 0 Å². The molecule has 0 aliphatic rings. The van der Waals surface area contributed by atoms with Gasteiger partial charge < -0.3 is 5.32 Å². The summed E-state index contributed by atoms with van der Waals surface area (Å²) in [5.74, 6) is 0. The van der Waals surface area contributed by atoms with Crippen LogP contribution in [0.25, 0.3) is 0 Å². The highest BCUT2D eigenvalue weighted by molar-refractivity contribution is 7.80. The van der Waals surface area contributed by atoms with E-state index >= 15 is 0 Å². The highest BCUT2D eigenvalue weighted by atomic mass is 32.1. The molecule has 108 valence electrons. The SMILES string of the molecule is CCc1cccc(C)c1NC(=S)N/N=C\c1cccnc1. The number of hydrazone groups is 1. The van der Waals surface area contributed by atoms with E-state index in [1.807, 2.05) is 12.1 Å². The summed E-state index contributed by atoms with van der Waals surface area (Å²) in [6, 6.07) is 9.99. The first-order valence-corrected chi connectivity index (χ1v) is 7.20. The van der Waals surface area contributed by atoms with Crippen LogP contribution in [0.3, 0.4) is 0 Å². The molecule has 0 spiro atoms. The second-order valence-electron chi connectivity index (χ2n) is 4.57. The number of pyridine rings is 1. The van der Waals surface area contributed by atoms with E-state index in [-0.39, 0.29) is 0 Å². The second-order valence-corrected chi connectivity index (χ2v) is 4.98. The van der Waals surface area contributed by atoms with Gasteiger partial charge in [0, 0.05) is 23.6 Å². The van der Waals surface area contributed by atoms with Gasteiger partial charge in [0.1, 0.15) is 0 Å². The first-order chi connectivity index (χ1) is 10.2. The average molecular weight is 298 g/mol. The Hall–Kier alpha value is -2.27. The van der Waals surface area contributed by atoms with Crippen LogP contribution in [0, 0.1) is 6.92 Å². The maximum atomic E-state index is 5.27. The van der Waals surface area contributed by atoms with E-state index < -0.39 is 0 Å². The van der Waals surface area contributed by atoms with Crippen LogP contribution >= 0.6 is 12.2 Å². The lowest BCUT2D eigenvalue weighted by Crippen LogP contribution is -2.25. The van der Waals surface area contributed by atoms with Gasteiger partial charge in [0.2, 0.25) is 0 Å². The summed E-state index contributed by atoms with van der Waals surface area (Å²) in [7, 11) is 0. The van der Waals surface area contributed by atoms with Crippen LogP contribution < -0.4 is 10.7 Å². The molecule has 1 aromatic carbocycles. The molecule has 0 unspecified atom stereocenters. The molecule has 0 fully saturated rings. The largest absolute Gasteiger partial charge is 0.331 e. The van der Waals surface area contributed by atoms with Crippen molar-refractivity contribution in [3.63, 3.8) is 0 Å². The maximum Gasteiger partial charge on any atom is 0.191 e. The lowest BCUT2D eigenvalue weighted by Gasteiger charge is -2.14. The van der Waals surface area contributed by atoms with E-state index in [1.165, 1.54) is 5.56 Å². The molecule has 1 heterocycles. The fraction of sp³-hybridized carbons (Fsp3) is 0.188. The van der Waals surface area contributed by atoms with Gasteiger partial charge in [-0.2, -0.15) is 5.10 Å². The molecular formula is C16H18N4S. The molecule has 4 nitrogen and oxygen atoms in total. The van der Waals surface area contributed by atoms with Crippen molar-refractivity contribution in [3.05, 3.63) is 59.4 Å². The number of benzene rings is 1. The van der Waals surface area contributed by atoms with E-state index in [2.05, 4.69) is 52.9 Å². The van der Waals surface area contributed by atoms with Crippen LogP contribution in [0.2, 0.25) is 0 Å². The summed E-state index contributed by atoms with van der Waals surface area (Å²) < 4.78 is 0. The van der Waals surface area contributed by atoms with E-state index in [0.29, 0.717) is 5.11 Å². The summed E-state index contributed by atoms with van der Waals surface area (Å²) in [4.78, 5) is 4.02. The minimum atomic E-state index is 0.471. The molecule has 2 aromatic rings. The van der Waals surface area contributed by atoms with Gasteiger partial charge in [-0.3, -0.25) is 10.4 Å². The number of nitrogens with one attached hydrogen (secondary N) is 2. The summed E-state index contributed by atoms with van der Waals surface area (Å²) in [6.07, 6.45) is 6.09. The Bertz CT molecular complexity index is 638. The van der Waals surface area contributed by atoms with Crippen molar-refractivity contribution < 1.29 is 0 Å². The highest BCUT2D eigenvalue weighted by Crippen LogP contribution is 2.20. The van der Waals surface area contributed by atoms with E-state index in [1.54, 1.807) is 18.6 Å². The number of aryl methyl sites for hydroxylation is 2. The molecule has 0 atom stereocenters. The van der Waals surface area contributed by atoms with Gasteiger partial charge in [0.15, 0.2) is 5.11 Å². The molecule has 2 N–H and O–H groups in total. The number of hydrogen-bond donors (Lipinski definition) is 2. The second kappa shape index (κ2) is 7.50. The van der Waals surface area contributed by atoms with Crippen molar-refractivity contribution in [2.45, 2.75) is 20.3 Å². The molecule has 1 aromatic heterocycles. The summed E-state index contributed by atoms with van der Waals surface area (Å²) in [5.41, 5.74) is 7.18. The van der Waals surface area contributed by atoms with Crippen molar-refractivity contribution in [1.82, 2.24) is 10.4 Å². The maximum absolute atomic E-state index is 5.27. The van der Waals surface area contributed by atoms with Crippen LogP contribution in [0.1, 0.15) is 23.6 Å². The monoisotopic (exact) mass is 298 g/mol. The zero-order valence-corrected chi connectivity index (χ0v) is 12.9. The molecule has 0 bridgehead atoms. The first kappa shape index (κ1) is 15.1. The third kappa shape index (κ3) is 4.36. The molecule has 0 amide bonds. The van der Waals surface area contributed by atoms with Gasteiger partial charge in [-0.15, -0.1) is 0 Å². The molecular weight excluding hydrogens is 280 g/mol. The van der Waals surface area contributed by atoms with E-state index in [0.717, 1.165) is 23.2 Å². The number of aromatic nitrogens is 1. The third-order valence-corrected chi connectivity index (χ3v) is 3.24. The van der Waals surface area contributed by atoms with Gasteiger partial charge in [-0.05, 0) is 42.8 Å². The molecule has 0 saturated carbocycles. The molecule has 0 aliphatic heterocycles. The number of nitrogens with zero attached hydrogens (tertiary/aromatic N) is 2. The summed E-state index contributed by atoms with van der Waals surface area (Å²) in [5, 5.41) is 7.78. The Morgan fingerprint density at radius 1 is 1.33 bits per heavy atom. The smallest absolute Gasteiger partial charge is 0.191 e.